The molecule has 0 saturated carbocycles. The van der Waals surface area contributed by atoms with Crippen LogP contribution in [0.15, 0.2) is 42.5 Å². The molecule has 0 bridgehead atoms. The maximum Gasteiger partial charge on any atom is 0.153 e. The van der Waals surface area contributed by atoms with E-state index >= 15 is 0 Å². The van der Waals surface area contributed by atoms with Crippen molar-refractivity contribution in [1.82, 2.24) is 0 Å². The van der Waals surface area contributed by atoms with E-state index in [-0.39, 0.29) is 0 Å². The summed E-state index contributed by atoms with van der Waals surface area (Å²) in [5.74, 6) is 1.58. The Labute approximate surface area is 118 Å². The largest absolute Gasteiger partial charge is 0.456 e. The SMILES string of the molecule is CC(C)c1ccccc1Oc1cc(Cl)ccc1C=O. The number of aldehydes is 1. The van der Waals surface area contributed by atoms with Crippen molar-refractivity contribution in [3.05, 3.63) is 58.6 Å². The molecule has 0 aliphatic carbocycles. The van der Waals surface area contributed by atoms with Crippen LogP contribution in [-0.2, 0) is 0 Å². The van der Waals surface area contributed by atoms with E-state index in [0.717, 1.165) is 17.6 Å². The normalized spacial score (nSPS) is 10.5. The lowest BCUT2D eigenvalue weighted by atomic mass is 10.0. The van der Waals surface area contributed by atoms with E-state index in [2.05, 4.69) is 13.8 Å². The van der Waals surface area contributed by atoms with Crippen LogP contribution in [-0.4, -0.2) is 6.29 Å². The molecule has 2 aromatic carbocycles. The minimum atomic E-state index is 0.343. The second-order valence-corrected chi connectivity index (χ2v) is 5.03. The minimum Gasteiger partial charge on any atom is -0.456 e. The van der Waals surface area contributed by atoms with E-state index in [9.17, 15) is 4.79 Å². The van der Waals surface area contributed by atoms with Crippen molar-refractivity contribution in [1.29, 1.82) is 0 Å². The van der Waals surface area contributed by atoms with Crippen LogP contribution in [0.2, 0.25) is 5.02 Å². The Balaban J connectivity index is 2.41. The number of halogens is 1. The third kappa shape index (κ3) is 3.15. The van der Waals surface area contributed by atoms with Gasteiger partial charge >= 0.3 is 0 Å². The Bertz CT molecular complexity index is 591. The highest BCUT2D eigenvalue weighted by molar-refractivity contribution is 6.30. The predicted molar refractivity (Wildman–Crippen MR) is 77.4 cm³/mol. The summed E-state index contributed by atoms with van der Waals surface area (Å²) in [5.41, 5.74) is 1.59. The first-order chi connectivity index (χ1) is 9.11. The van der Waals surface area contributed by atoms with E-state index in [1.54, 1.807) is 18.2 Å². The molecule has 0 N–H and O–H groups in total. The zero-order chi connectivity index (χ0) is 13.8. The number of para-hydroxylation sites is 1. The number of ether oxygens (including phenoxy) is 1. The first kappa shape index (κ1) is 13.6. The average molecular weight is 275 g/mol. The first-order valence-electron chi connectivity index (χ1n) is 6.13. The number of hydrogen-bond acceptors (Lipinski definition) is 2. The Morgan fingerprint density at radius 2 is 1.84 bits per heavy atom. The Morgan fingerprint density at radius 3 is 2.53 bits per heavy atom. The third-order valence-corrected chi connectivity index (χ3v) is 3.10. The number of hydrogen-bond donors (Lipinski definition) is 0. The van der Waals surface area contributed by atoms with Gasteiger partial charge in [0.05, 0.1) is 5.56 Å². The van der Waals surface area contributed by atoms with Gasteiger partial charge in [-0.1, -0.05) is 43.6 Å². The maximum atomic E-state index is 11.0. The molecule has 0 unspecified atom stereocenters. The zero-order valence-corrected chi connectivity index (χ0v) is 11.6. The predicted octanol–water partition coefficient (Wildman–Crippen LogP) is 5.07. The molecule has 98 valence electrons. The van der Waals surface area contributed by atoms with E-state index in [4.69, 9.17) is 16.3 Å². The molecule has 0 atom stereocenters. The summed E-state index contributed by atoms with van der Waals surface area (Å²) in [7, 11) is 0. The lowest BCUT2D eigenvalue weighted by molar-refractivity contribution is 0.112. The Hall–Kier alpha value is -1.80. The van der Waals surface area contributed by atoms with Gasteiger partial charge in [-0.3, -0.25) is 4.79 Å². The standard InChI is InChI=1S/C16H15ClO2/c1-11(2)14-5-3-4-6-15(14)19-16-9-13(17)8-7-12(16)10-18/h3-11H,1-2H3. The highest BCUT2D eigenvalue weighted by Gasteiger charge is 2.10. The van der Waals surface area contributed by atoms with Gasteiger partial charge in [-0.25, -0.2) is 0 Å². The monoisotopic (exact) mass is 274 g/mol. The Kier molecular flexibility index (Phi) is 4.23. The topological polar surface area (TPSA) is 26.3 Å². The summed E-state index contributed by atoms with van der Waals surface area (Å²) in [6, 6.07) is 12.8. The molecule has 2 rings (SSSR count). The highest BCUT2D eigenvalue weighted by Crippen LogP contribution is 2.32. The molecule has 2 nitrogen and oxygen atoms in total. The molecule has 0 amide bonds. The van der Waals surface area contributed by atoms with Crippen LogP contribution < -0.4 is 4.74 Å². The zero-order valence-electron chi connectivity index (χ0n) is 10.9. The molecule has 0 radical (unpaired) electrons. The number of benzene rings is 2. The van der Waals surface area contributed by atoms with Crippen molar-refractivity contribution in [3.63, 3.8) is 0 Å². The average Bonchev–Trinajstić information content (AvgIpc) is 2.39. The molecule has 0 aliphatic rings. The van der Waals surface area contributed by atoms with E-state index < -0.39 is 0 Å². The molecule has 0 heterocycles. The van der Waals surface area contributed by atoms with Gasteiger partial charge in [0.25, 0.3) is 0 Å². The number of carbonyl (C=O) groups is 1. The number of rotatable bonds is 4. The van der Waals surface area contributed by atoms with Gasteiger partial charge in [-0.05, 0) is 29.7 Å². The highest BCUT2D eigenvalue weighted by atomic mass is 35.5. The van der Waals surface area contributed by atoms with Crippen LogP contribution >= 0.6 is 11.6 Å². The first-order valence-corrected chi connectivity index (χ1v) is 6.51. The van der Waals surface area contributed by atoms with Crippen molar-refractivity contribution >= 4 is 17.9 Å². The van der Waals surface area contributed by atoms with Gasteiger partial charge in [0.2, 0.25) is 0 Å². The second kappa shape index (κ2) is 5.89. The van der Waals surface area contributed by atoms with Crippen LogP contribution in [0, 0.1) is 0 Å². The second-order valence-electron chi connectivity index (χ2n) is 4.59. The molecule has 0 saturated heterocycles. The molecule has 0 aromatic heterocycles. The van der Waals surface area contributed by atoms with Gasteiger partial charge in [-0.2, -0.15) is 0 Å². The summed E-state index contributed by atoms with van der Waals surface area (Å²) < 4.78 is 5.86. The van der Waals surface area contributed by atoms with E-state index in [1.165, 1.54) is 0 Å². The van der Waals surface area contributed by atoms with Crippen molar-refractivity contribution in [2.75, 3.05) is 0 Å². The van der Waals surface area contributed by atoms with Crippen molar-refractivity contribution in [2.24, 2.45) is 0 Å². The fourth-order valence-electron chi connectivity index (χ4n) is 1.86. The summed E-state index contributed by atoms with van der Waals surface area (Å²) in [4.78, 5) is 11.0. The molecule has 0 fully saturated rings. The molecular weight excluding hydrogens is 260 g/mol. The molecule has 0 aliphatic heterocycles. The summed E-state index contributed by atoms with van der Waals surface area (Å²) in [6.45, 7) is 4.20. The van der Waals surface area contributed by atoms with E-state index in [0.29, 0.717) is 22.3 Å². The van der Waals surface area contributed by atoms with Gasteiger partial charge < -0.3 is 4.74 Å². The van der Waals surface area contributed by atoms with Crippen molar-refractivity contribution < 1.29 is 9.53 Å². The van der Waals surface area contributed by atoms with Crippen LogP contribution in [0.1, 0.15) is 35.7 Å². The fraction of sp³-hybridized carbons (Fsp3) is 0.188. The molecule has 2 aromatic rings. The van der Waals surface area contributed by atoms with Crippen LogP contribution in [0.3, 0.4) is 0 Å². The van der Waals surface area contributed by atoms with Gasteiger partial charge in [-0.15, -0.1) is 0 Å². The smallest absolute Gasteiger partial charge is 0.153 e. The third-order valence-electron chi connectivity index (χ3n) is 2.86. The van der Waals surface area contributed by atoms with Crippen LogP contribution in [0.4, 0.5) is 0 Å². The van der Waals surface area contributed by atoms with Crippen molar-refractivity contribution in [2.45, 2.75) is 19.8 Å². The molecular formula is C16H15ClO2. The fourth-order valence-corrected chi connectivity index (χ4v) is 2.02. The van der Waals surface area contributed by atoms with Crippen LogP contribution in [0.25, 0.3) is 0 Å². The van der Waals surface area contributed by atoms with Gasteiger partial charge in [0, 0.05) is 11.1 Å². The maximum absolute atomic E-state index is 11.0. The quantitative estimate of drug-likeness (QED) is 0.728. The van der Waals surface area contributed by atoms with Gasteiger partial charge in [0.1, 0.15) is 11.5 Å². The summed E-state index contributed by atoms with van der Waals surface area (Å²) in [5, 5.41) is 0.544. The minimum absolute atomic E-state index is 0.343. The van der Waals surface area contributed by atoms with Gasteiger partial charge in [0.15, 0.2) is 6.29 Å². The van der Waals surface area contributed by atoms with E-state index in [1.807, 2.05) is 24.3 Å². The Morgan fingerprint density at radius 1 is 1.11 bits per heavy atom. The number of carbonyl (C=O) groups excluding carboxylic acids is 1. The lowest BCUT2D eigenvalue weighted by Crippen LogP contribution is -1.96. The molecule has 19 heavy (non-hydrogen) atoms. The van der Waals surface area contributed by atoms with Crippen LogP contribution in [0.5, 0.6) is 11.5 Å². The van der Waals surface area contributed by atoms with Crippen molar-refractivity contribution in [3.8, 4) is 11.5 Å². The molecule has 3 heteroatoms. The summed E-state index contributed by atoms with van der Waals surface area (Å²) >= 11 is 5.95. The lowest BCUT2D eigenvalue weighted by Gasteiger charge is -2.14. The summed E-state index contributed by atoms with van der Waals surface area (Å²) in [6.07, 6.45) is 0.768. The molecule has 0 spiro atoms.